The summed E-state index contributed by atoms with van der Waals surface area (Å²) < 4.78 is 45.4. The number of fused-ring (bicyclic) bond motifs is 2. The Hall–Kier alpha value is -6.17. The molecule has 0 aliphatic heterocycles. The van der Waals surface area contributed by atoms with Crippen molar-refractivity contribution in [3.05, 3.63) is 183 Å². The van der Waals surface area contributed by atoms with Gasteiger partial charge in [0.2, 0.25) is 0 Å². The van der Waals surface area contributed by atoms with Gasteiger partial charge in [-0.25, -0.2) is 18.7 Å². The van der Waals surface area contributed by atoms with Crippen LogP contribution in [-0.2, 0) is 17.6 Å². The van der Waals surface area contributed by atoms with Crippen LogP contribution in [0.4, 0.5) is 37.6 Å². The van der Waals surface area contributed by atoms with E-state index in [-0.39, 0.29) is 23.7 Å². The number of hydrogen-bond donors (Lipinski definition) is 3. The minimum atomic E-state index is -0.440. The number of anilines is 5. The maximum Gasteiger partial charge on any atom is 0.167 e. The molecule has 0 saturated carbocycles. The zero-order chi connectivity index (χ0) is 46.7. The van der Waals surface area contributed by atoms with Gasteiger partial charge >= 0.3 is 0 Å². The molecule has 0 fully saturated rings. The van der Waals surface area contributed by atoms with E-state index in [1.807, 2.05) is 119 Å². The molecule has 0 bridgehead atoms. The Bertz CT molecular complexity index is 2920. The summed E-state index contributed by atoms with van der Waals surface area (Å²) >= 11 is 18.6. The lowest BCUT2D eigenvalue weighted by atomic mass is 9.99. The molecular formula is C53H50Cl3F2N5O3. The molecule has 0 atom stereocenters. The van der Waals surface area contributed by atoms with E-state index in [1.54, 1.807) is 31.4 Å². The van der Waals surface area contributed by atoms with Gasteiger partial charge in [0.1, 0.15) is 22.6 Å². The first kappa shape index (κ1) is 47.8. The quantitative estimate of drug-likeness (QED) is 0.0652. The lowest BCUT2D eigenvalue weighted by molar-refractivity contribution is 0.210. The van der Waals surface area contributed by atoms with Gasteiger partial charge in [0.05, 0.1) is 18.8 Å². The summed E-state index contributed by atoms with van der Waals surface area (Å²) in [7, 11) is 1.66. The van der Waals surface area contributed by atoms with Crippen molar-refractivity contribution < 1.29 is 23.0 Å². The summed E-state index contributed by atoms with van der Waals surface area (Å²) in [6.45, 7) is 8.61. The Morgan fingerprint density at radius 2 is 0.970 bits per heavy atom. The molecule has 0 unspecified atom stereocenters. The largest absolute Gasteiger partial charge is 0.488 e. The maximum absolute atomic E-state index is 14.7. The molecule has 6 aromatic carbocycles. The zero-order valence-electron chi connectivity index (χ0n) is 37.2. The molecule has 8 nitrogen and oxygen atoms in total. The first-order valence-corrected chi connectivity index (χ1v) is 22.7. The van der Waals surface area contributed by atoms with Gasteiger partial charge in [0.25, 0.3) is 0 Å². The molecule has 2 heterocycles. The molecule has 0 radical (unpaired) electrons. The third-order valence-corrected chi connectivity index (χ3v) is 11.1. The van der Waals surface area contributed by atoms with Crippen LogP contribution in [0.5, 0.6) is 11.5 Å². The molecule has 340 valence electrons. The molecule has 13 heteroatoms. The number of aromatic nitrogens is 2. The summed E-state index contributed by atoms with van der Waals surface area (Å²) in [5, 5.41) is 15.6. The molecular weight excluding hydrogens is 899 g/mol. The number of hydrogen-bond acceptors (Lipinski definition) is 8. The van der Waals surface area contributed by atoms with Crippen molar-refractivity contribution in [2.75, 3.05) is 36.2 Å². The average Bonchev–Trinajstić information content (AvgIpc) is 3.29. The van der Waals surface area contributed by atoms with E-state index in [4.69, 9.17) is 54.0 Å². The van der Waals surface area contributed by atoms with Crippen molar-refractivity contribution >= 4 is 85.2 Å². The molecule has 8 aromatic rings. The monoisotopic (exact) mass is 947 g/mol. The molecule has 8 rings (SSSR count). The van der Waals surface area contributed by atoms with Gasteiger partial charge in [-0.2, -0.15) is 0 Å². The van der Waals surface area contributed by atoms with E-state index in [2.05, 4.69) is 27.0 Å². The molecule has 0 saturated heterocycles. The molecule has 66 heavy (non-hydrogen) atoms. The van der Waals surface area contributed by atoms with Crippen LogP contribution in [0.1, 0.15) is 49.9 Å². The Morgan fingerprint density at radius 3 is 1.42 bits per heavy atom. The first-order valence-electron chi connectivity index (χ1n) is 21.5. The minimum absolute atomic E-state index is 0.111. The second-order valence-corrected chi connectivity index (χ2v) is 17.2. The van der Waals surface area contributed by atoms with Gasteiger partial charge in [-0.1, -0.05) is 108 Å². The van der Waals surface area contributed by atoms with Crippen LogP contribution in [-0.4, -0.2) is 42.4 Å². The molecule has 0 aliphatic carbocycles. The third-order valence-electron chi connectivity index (χ3n) is 10.3. The van der Waals surface area contributed by atoms with E-state index >= 15 is 0 Å². The zero-order valence-corrected chi connectivity index (χ0v) is 39.5. The summed E-state index contributed by atoms with van der Waals surface area (Å²) in [6.07, 6.45) is 1.02. The number of halogens is 5. The average molecular weight is 949 g/mol. The molecule has 0 spiro atoms. The second kappa shape index (κ2) is 22.3. The van der Waals surface area contributed by atoms with Crippen molar-refractivity contribution in [2.24, 2.45) is 0 Å². The predicted molar refractivity (Wildman–Crippen MR) is 268 cm³/mol. The van der Waals surface area contributed by atoms with E-state index in [9.17, 15) is 8.78 Å². The summed E-state index contributed by atoms with van der Waals surface area (Å²) in [5.41, 5.74) is 5.28. The smallest absolute Gasteiger partial charge is 0.167 e. The normalized spacial score (nSPS) is 11.2. The van der Waals surface area contributed by atoms with E-state index < -0.39 is 11.6 Å². The van der Waals surface area contributed by atoms with Crippen LogP contribution >= 0.6 is 34.8 Å². The van der Waals surface area contributed by atoms with Crippen LogP contribution in [0, 0.1) is 11.6 Å². The van der Waals surface area contributed by atoms with Crippen LogP contribution in [0.25, 0.3) is 21.5 Å². The van der Waals surface area contributed by atoms with Crippen molar-refractivity contribution in [1.82, 2.24) is 9.97 Å². The van der Waals surface area contributed by atoms with Gasteiger partial charge in [0, 0.05) is 81.9 Å². The van der Waals surface area contributed by atoms with Gasteiger partial charge in [-0.15, -0.1) is 0 Å². The predicted octanol–water partition coefficient (Wildman–Crippen LogP) is 15.0. The Morgan fingerprint density at radius 1 is 0.530 bits per heavy atom. The molecule has 2 aromatic heterocycles. The van der Waals surface area contributed by atoms with Gasteiger partial charge in [-0.05, 0) is 98.1 Å². The highest BCUT2D eigenvalue weighted by Gasteiger charge is 2.18. The van der Waals surface area contributed by atoms with E-state index in [1.165, 1.54) is 12.1 Å². The number of nitrogens with zero attached hydrogens (tertiary/aromatic N) is 2. The standard InChI is InChI=1S/C28H29ClFN3O2.C25H21Cl2FN2O/c1-18(2)35-26-13-12-21(17-25(26)30)32-28-24(16-19-8-10-20(29)11-9-19)22-6-4-5-7-23(22)27(33-28)31-14-15-34-3;1-15(2)31-23-12-11-18(14-22(23)28)29-25-21(13-16-7-9-17(26)10-8-16)19-5-3-4-6-20(19)24(27)30-25/h4-13,17-18H,14-16H2,1-3H3,(H2,31,32,33);3-12,14-15H,13H2,1-2H3,(H,29,30). The van der Waals surface area contributed by atoms with Gasteiger partial charge < -0.3 is 30.2 Å². The summed E-state index contributed by atoms with van der Waals surface area (Å²) in [4.78, 5) is 9.51. The molecule has 3 N–H and O–H groups in total. The highest BCUT2D eigenvalue weighted by atomic mass is 35.5. The second-order valence-electron chi connectivity index (χ2n) is 16.0. The van der Waals surface area contributed by atoms with Gasteiger partial charge in [0.15, 0.2) is 23.1 Å². The van der Waals surface area contributed by atoms with Crippen molar-refractivity contribution in [3.8, 4) is 11.5 Å². The number of benzene rings is 6. The number of pyridine rings is 2. The highest BCUT2D eigenvalue weighted by molar-refractivity contribution is 6.34. The third kappa shape index (κ3) is 12.4. The number of rotatable bonds is 16. The fourth-order valence-corrected chi connectivity index (χ4v) is 7.81. The van der Waals surface area contributed by atoms with Crippen LogP contribution < -0.4 is 25.4 Å². The Balaban J connectivity index is 0.000000198. The number of ether oxygens (including phenoxy) is 3. The molecule has 0 amide bonds. The van der Waals surface area contributed by atoms with E-state index in [0.29, 0.717) is 64.2 Å². The van der Waals surface area contributed by atoms with Crippen molar-refractivity contribution in [2.45, 2.75) is 52.7 Å². The lowest BCUT2D eigenvalue weighted by Gasteiger charge is -2.18. The van der Waals surface area contributed by atoms with Crippen LogP contribution in [0.15, 0.2) is 133 Å². The van der Waals surface area contributed by atoms with Crippen molar-refractivity contribution in [3.63, 3.8) is 0 Å². The van der Waals surface area contributed by atoms with Crippen molar-refractivity contribution in [1.29, 1.82) is 0 Å². The number of methoxy groups -OCH3 is 1. The van der Waals surface area contributed by atoms with Crippen LogP contribution in [0.3, 0.4) is 0 Å². The van der Waals surface area contributed by atoms with E-state index in [0.717, 1.165) is 49.6 Å². The summed E-state index contributed by atoms with van der Waals surface area (Å²) in [6, 6.07) is 41.0. The minimum Gasteiger partial charge on any atom is -0.488 e. The number of nitrogens with one attached hydrogen (secondary N) is 3. The van der Waals surface area contributed by atoms with Crippen LogP contribution in [0.2, 0.25) is 15.2 Å². The Labute approximate surface area is 399 Å². The topological polar surface area (TPSA) is 89.6 Å². The fourth-order valence-electron chi connectivity index (χ4n) is 7.31. The SMILES string of the molecule is CC(C)Oc1ccc(Nc2nc(Cl)c3ccccc3c2Cc2ccc(Cl)cc2)cc1F.COCCNc1nc(Nc2ccc(OC(C)C)c(F)c2)c(Cc2ccc(Cl)cc2)c2ccccc12. The summed E-state index contributed by atoms with van der Waals surface area (Å²) in [5.74, 6) is 1.53. The first-order chi connectivity index (χ1) is 31.8. The fraction of sp³-hybridized carbons (Fsp3) is 0.208. The highest BCUT2D eigenvalue weighted by Crippen LogP contribution is 2.36. The maximum atomic E-state index is 14.7. The molecule has 0 aliphatic rings. The Kier molecular flexibility index (Phi) is 16.2. The lowest BCUT2D eigenvalue weighted by Crippen LogP contribution is -2.11. The van der Waals surface area contributed by atoms with Gasteiger partial charge in [-0.3, -0.25) is 0 Å².